The minimum Gasteiger partial charge on any atom is -0.306 e. The number of fused-ring (bicyclic) bond motifs is 8. The van der Waals surface area contributed by atoms with E-state index in [1.54, 1.807) is 0 Å². The molecule has 0 N–H and O–H groups in total. The van der Waals surface area contributed by atoms with E-state index in [1.807, 2.05) is 0 Å². The molecule has 0 unspecified atom stereocenters. The molecule has 0 saturated heterocycles. The van der Waals surface area contributed by atoms with Crippen LogP contribution in [0.25, 0.3) is 36.5 Å². The lowest BCUT2D eigenvalue weighted by Crippen LogP contribution is -2.26. The third-order valence-electron chi connectivity index (χ3n) is 13.6. The lowest BCUT2D eigenvalue weighted by Gasteiger charge is -2.40. The highest BCUT2D eigenvalue weighted by Gasteiger charge is 2.40. The van der Waals surface area contributed by atoms with E-state index >= 15 is 0 Å². The Balaban J connectivity index is 1.29. The predicted octanol–water partition coefficient (Wildman–Crippen LogP) is 16.4. The summed E-state index contributed by atoms with van der Waals surface area (Å²) in [6.45, 7) is 0. The maximum atomic E-state index is 12.4. The molecule has 0 amide bonds. The van der Waals surface area contributed by atoms with Gasteiger partial charge in [0.25, 0.3) is 0 Å². The van der Waals surface area contributed by atoms with Gasteiger partial charge >= 0.3 is 0 Å². The molecular weight excluding hydrogens is 829 g/mol. The maximum Gasteiger partial charge on any atom is 0.166 e. The van der Waals surface area contributed by atoms with Crippen molar-refractivity contribution in [1.82, 2.24) is 4.98 Å². The summed E-state index contributed by atoms with van der Waals surface area (Å²) < 4.78 is 0. The third kappa shape index (κ3) is 6.21. The summed E-state index contributed by atoms with van der Waals surface area (Å²) in [5.41, 5.74) is 18.3. The first-order valence-corrected chi connectivity index (χ1v) is 23.2. The first-order valence-electron chi connectivity index (χ1n) is 23.2. The molecule has 4 aliphatic rings. The first kappa shape index (κ1) is 39.2. The second-order valence-corrected chi connectivity index (χ2v) is 17.4. The van der Waals surface area contributed by atoms with Crippen molar-refractivity contribution < 1.29 is 0 Å². The highest BCUT2D eigenvalue weighted by atomic mass is 15.3. The molecule has 9 aromatic rings. The van der Waals surface area contributed by atoms with Crippen LogP contribution in [0.4, 0.5) is 68.5 Å². The van der Waals surface area contributed by atoms with Crippen molar-refractivity contribution in [2.45, 2.75) is 12.8 Å². The number of nitriles is 1. The van der Waals surface area contributed by atoms with Gasteiger partial charge in [-0.25, -0.2) is 4.98 Å². The van der Waals surface area contributed by atoms with Gasteiger partial charge < -0.3 is 9.80 Å². The van der Waals surface area contributed by atoms with Crippen LogP contribution in [0, 0.1) is 11.3 Å². The highest BCUT2D eigenvalue weighted by molar-refractivity contribution is 6.09. The number of para-hydroxylation sites is 8. The first-order chi connectivity index (χ1) is 33.7. The van der Waals surface area contributed by atoms with Crippen LogP contribution in [-0.4, -0.2) is 4.98 Å². The van der Waals surface area contributed by atoms with Crippen molar-refractivity contribution in [1.29, 1.82) is 5.26 Å². The molecule has 1 aromatic heterocycles. The maximum absolute atomic E-state index is 12.4. The molecule has 320 valence electrons. The zero-order chi connectivity index (χ0) is 45.1. The molecule has 0 saturated carbocycles. The number of hydrogen-bond donors (Lipinski definition) is 0. The van der Waals surface area contributed by atoms with Crippen LogP contribution >= 0.6 is 0 Å². The second kappa shape index (κ2) is 16.1. The number of nitrogens with zero attached hydrogens (tertiary/aromatic N) is 6. The Kier molecular flexibility index (Phi) is 9.26. The number of hydrogen-bond acceptors (Lipinski definition) is 6. The quantitative estimate of drug-likeness (QED) is 0.176. The number of pyridine rings is 1. The Bertz CT molecular complexity index is 3450. The SMILES string of the molecule is N#Cc1c(N2c3ccccc3C=Cc3ccccc32)nc(N2c3ccccc3C=Cc3ccccc32)c(N2c3ccccc3CCc3ccccc32)c1N1c2ccccc2C=Cc2ccccc21. The van der Waals surface area contributed by atoms with Crippen LogP contribution in [0.15, 0.2) is 194 Å². The number of benzene rings is 8. The number of aromatic nitrogens is 1. The van der Waals surface area contributed by atoms with Crippen molar-refractivity contribution in [3.63, 3.8) is 0 Å². The lowest BCUT2D eigenvalue weighted by molar-refractivity contribution is 0.977. The molecule has 4 aliphatic heterocycles. The Labute approximate surface area is 396 Å². The standard InChI is InChI=1S/C62H42N6/c63-41-50-59(65-51-25-9-1-17-42(51)33-34-43-18-2-10-26-52(43)65)60(66-53-27-11-3-19-44(53)35-36-45-20-4-12-28-54(45)66)62(68-57-31-15-7-23-48(57)39-40-49-24-8-16-32-58(49)68)64-61(50)67-55-29-13-5-21-46(55)37-38-47-22-6-14-30-56(47)67/h1-34,37-40H,35-36H2. The van der Waals surface area contributed by atoms with Gasteiger partial charge in [0.1, 0.15) is 17.3 Å². The van der Waals surface area contributed by atoms with Gasteiger partial charge in [-0.1, -0.05) is 182 Å². The van der Waals surface area contributed by atoms with Crippen molar-refractivity contribution in [2.24, 2.45) is 0 Å². The van der Waals surface area contributed by atoms with E-state index in [4.69, 9.17) is 4.98 Å². The summed E-state index contributed by atoms with van der Waals surface area (Å²) in [4.78, 5) is 15.4. The second-order valence-electron chi connectivity index (χ2n) is 17.4. The molecule has 6 heteroatoms. The molecule has 0 atom stereocenters. The monoisotopic (exact) mass is 870 g/mol. The Morgan fingerprint density at radius 1 is 0.309 bits per heavy atom. The van der Waals surface area contributed by atoms with Crippen LogP contribution in [-0.2, 0) is 12.8 Å². The van der Waals surface area contributed by atoms with E-state index in [0.717, 1.165) is 97.4 Å². The van der Waals surface area contributed by atoms with Crippen molar-refractivity contribution >= 4 is 105 Å². The fourth-order valence-corrected chi connectivity index (χ4v) is 10.5. The van der Waals surface area contributed by atoms with Gasteiger partial charge in [-0.15, -0.1) is 0 Å². The van der Waals surface area contributed by atoms with E-state index in [1.165, 1.54) is 11.1 Å². The van der Waals surface area contributed by atoms with E-state index in [-0.39, 0.29) is 0 Å². The zero-order valence-corrected chi connectivity index (χ0v) is 37.0. The van der Waals surface area contributed by atoms with Crippen molar-refractivity contribution in [2.75, 3.05) is 19.6 Å². The van der Waals surface area contributed by atoms with E-state index in [9.17, 15) is 5.26 Å². The summed E-state index contributed by atoms with van der Waals surface area (Å²) in [5, 5.41) is 12.4. The van der Waals surface area contributed by atoms with Crippen molar-refractivity contribution in [3.05, 3.63) is 244 Å². The van der Waals surface area contributed by atoms with E-state index in [2.05, 4.69) is 256 Å². The van der Waals surface area contributed by atoms with Gasteiger partial charge in [-0.05, 0) is 106 Å². The molecule has 8 aromatic carbocycles. The zero-order valence-electron chi connectivity index (χ0n) is 37.0. The highest BCUT2D eigenvalue weighted by Crippen LogP contribution is 2.59. The van der Waals surface area contributed by atoms with Gasteiger partial charge in [0.2, 0.25) is 0 Å². The third-order valence-corrected chi connectivity index (χ3v) is 13.6. The minimum absolute atomic E-state index is 0.426. The number of anilines is 12. The summed E-state index contributed by atoms with van der Waals surface area (Å²) in [5.74, 6) is 1.18. The Hall–Kier alpha value is -9.18. The predicted molar refractivity (Wildman–Crippen MR) is 282 cm³/mol. The molecule has 0 fully saturated rings. The summed E-state index contributed by atoms with van der Waals surface area (Å²) >= 11 is 0. The molecular formula is C62H42N6. The molecule has 13 rings (SSSR count). The molecule has 0 radical (unpaired) electrons. The number of rotatable bonds is 4. The Morgan fingerprint density at radius 2 is 0.588 bits per heavy atom. The van der Waals surface area contributed by atoms with E-state index in [0.29, 0.717) is 22.9 Å². The summed E-state index contributed by atoms with van der Waals surface area (Å²) in [6, 6.07) is 71.4. The molecule has 0 aliphatic carbocycles. The average Bonchev–Trinajstić information content (AvgIpc) is 3.83. The van der Waals surface area contributed by atoms with Crippen LogP contribution < -0.4 is 19.6 Å². The molecule has 0 bridgehead atoms. The van der Waals surface area contributed by atoms with Crippen LogP contribution in [0.3, 0.4) is 0 Å². The fraction of sp³-hybridized carbons (Fsp3) is 0.0323. The van der Waals surface area contributed by atoms with Gasteiger partial charge in [0.15, 0.2) is 11.6 Å². The van der Waals surface area contributed by atoms with Gasteiger partial charge in [0.05, 0.1) is 39.8 Å². The topological polar surface area (TPSA) is 49.6 Å². The fourth-order valence-electron chi connectivity index (χ4n) is 10.5. The number of aryl methyl sites for hydroxylation is 2. The molecule has 6 nitrogen and oxygen atoms in total. The average molecular weight is 871 g/mol. The molecule has 0 spiro atoms. The smallest absolute Gasteiger partial charge is 0.166 e. The summed E-state index contributed by atoms with van der Waals surface area (Å²) in [7, 11) is 0. The summed E-state index contributed by atoms with van der Waals surface area (Å²) in [6.07, 6.45) is 14.8. The molecule has 68 heavy (non-hydrogen) atoms. The van der Waals surface area contributed by atoms with Crippen LogP contribution in [0.2, 0.25) is 0 Å². The van der Waals surface area contributed by atoms with Gasteiger partial charge in [-0.3, -0.25) is 9.80 Å². The largest absolute Gasteiger partial charge is 0.306 e. The lowest BCUT2D eigenvalue weighted by atomic mass is 10.0. The van der Waals surface area contributed by atoms with Crippen LogP contribution in [0.5, 0.6) is 0 Å². The molecule has 5 heterocycles. The van der Waals surface area contributed by atoms with E-state index < -0.39 is 0 Å². The van der Waals surface area contributed by atoms with Crippen LogP contribution in [0.1, 0.15) is 50.1 Å². The van der Waals surface area contributed by atoms with Gasteiger partial charge in [-0.2, -0.15) is 5.26 Å². The van der Waals surface area contributed by atoms with Gasteiger partial charge in [0, 0.05) is 11.4 Å². The minimum atomic E-state index is 0.426. The van der Waals surface area contributed by atoms with Crippen molar-refractivity contribution in [3.8, 4) is 6.07 Å². The Morgan fingerprint density at radius 3 is 0.941 bits per heavy atom. The normalized spacial score (nSPS) is 13.8.